The van der Waals surface area contributed by atoms with E-state index >= 15 is 0 Å². The Morgan fingerprint density at radius 1 is 1.36 bits per heavy atom. The monoisotopic (exact) mass is 510 g/mol. The van der Waals surface area contributed by atoms with Crippen LogP contribution in [0.4, 0.5) is 32.6 Å². The number of rotatable bonds is 5. The number of benzene rings is 1. The molecule has 1 saturated carbocycles. The standard InChI is InChI=1S/C18H13Cl2F5N6O2/c1-30(2)7-27-14-12(16(28-15(32)33)6-17(16,21)22)11(5-26)29-31(14)13-9(19)3-8(4-10(13)20)18(23,24)25/h3-4,7,28H,6H2,1-2H3,(H,32,33)/b27-7+. The number of aliphatic imine (C=N–C) groups is 1. The Labute approximate surface area is 192 Å². The summed E-state index contributed by atoms with van der Waals surface area (Å²) in [6, 6.07) is 2.69. The summed E-state index contributed by atoms with van der Waals surface area (Å²) in [5.41, 5.74) is -5.28. The zero-order valence-corrected chi connectivity index (χ0v) is 18.2. The van der Waals surface area contributed by atoms with Crippen LogP contribution in [0.3, 0.4) is 0 Å². The molecular weight excluding hydrogens is 498 g/mol. The molecule has 33 heavy (non-hydrogen) atoms. The van der Waals surface area contributed by atoms with Gasteiger partial charge >= 0.3 is 12.3 Å². The van der Waals surface area contributed by atoms with Crippen LogP contribution in [0.2, 0.25) is 10.0 Å². The Balaban J connectivity index is 2.36. The number of aromatic nitrogens is 2. The fourth-order valence-corrected chi connectivity index (χ4v) is 3.85. The van der Waals surface area contributed by atoms with Gasteiger partial charge in [-0.3, -0.25) is 0 Å². The normalized spacial score (nSPS) is 19.4. The maximum Gasteiger partial charge on any atom is 0.416 e. The third-order valence-corrected chi connectivity index (χ3v) is 5.24. The summed E-state index contributed by atoms with van der Waals surface area (Å²) in [6.07, 6.45) is -6.43. The lowest BCUT2D eigenvalue weighted by molar-refractivity contribution is -0.137. The van der Waals surface area contributed by atoms with Crippen molar-refractivity contribution < 1.29 is 31.9 Å². The number of hydrogen-bond acceptors (Lipinski definition) is 4. The molecule has 0 bridgehead atoms. The highest BCUT2D eigenvalue weighted by Crippen LogP contribution is 2.62. The topological polar surface area (TPSA) is 107 Å². The molecule has 0 radical (unpaired) electrons. The van der Waals surface area contributed by atoms with Gasteiger partial charge in [0.1, 0.15) is 17.3 Å². The van der Waals surface area contributed by atoms with Crippen LogP contribution >= 0.6 is 23.2 Å². The quantitative estimate of drug-likeness (QED) is 0.341. The van der Waals surface area contributed by atoms with E-state index in [9.17, 15) is 32.0 Å². The van der Waals surface area contributed by atoms with E-state index < -0.39 is 62.8 Å². The first kappa shape index (κ1) is 24.5. The molecule has 1 aromatic carbocycles. The minimum Gasteiger partial charge on any atom is -0.465 e. The van der Waals surface area contributed by atoms with Crippen molar-refractivity contribution in [3.8, 4) is 11.8 Å². The molecule has 3 rings (SSSR count). The van der Waals surface area contributed by atoms with E-state index in [0.717, 1.165) is 11.0 Å². The van der Waals surface area contributed by atoms with E-state index in [1.54, 1.807) is 11.4 Å². The molecule has 2 aromatic rings. The highest BCUT2D eigenvalue weighted by Gasteiger charge is 2.75. The van der Waals surface area contributed by atoms with Crippen LogP contribution in [0.15, 0.2) is 17.1 Å². The first-order valence-corrected chi connectivity index (χ1v) is 9.60. The van der Waals surface area contributed by atoms with Crippen LogP contribution in [-0.4, -0.2) is 52.2 Å². The SMILES string of the molecule is CN(C)/C=N/c1c(C2(NC(=O)O)CC2(F)F)c(C#N)nn1-c1c(Cl)cc(C(F)(F)F)cc1Cl. The van der Waals surface area contributed by atoms with Crippen molar-refractivity contribution in [2.45, 2.75) is 24.1 Å². The molecule has 8 nitrogen and oxygen atoms in total. The molecule has 1 fully saturated rings. The second-order valence-corrected chi connectivity index (χ2v) is 8.10. The number of nitrogens with zero attached hydrogens (tertiary/aromatic N) is 5. The molecular formula is C18H13Cl2F5N6O2. The molecule has 1 heterocycles. The fourth-order valence-electron chi connectivity index (χ4n) is 3.20. The van der Waals surface area contributed by atoms with Crippen LogP contribution in [0.25, 0.3) is 5.69 Å². The van der Waals surface area contributed by atoms with Gasteiger partial charge in [-0.15, -0.1) is 0 Å². The van der Waals surface area contributed by atoms with Crippen LogP contribution in [-0.2, 0) is 11.7 Å². The zero-order chi connectivity index (χ0) is 24.9. The Hall–Kier alpha value is -3.11. The highest BCUT2D eigenvalue weighted by atomic mass is 35.5. The average molecular weight is 511 g/mol. The van der Waals surface area contributed by atoms with Gasteiger partial charge in [-0.25, -0.2) is 23.2 Å². The molecule has 1 amide bonds. The number of halogens is 7. The second-order valence-electron chi connectivity index (χ2n) is 7.28. The number of nitriles is 1. The van der Waals surface area contributed by atoms with E-state index in [2.05, 4.69) is 10.1 Å². The largest absolute Gasteiger partial charge is 0.465 e. The van der Waals surface area contributed by atoms with Gasteiger partial charge in [-0.05, 0) is 12.1 Å². The Morgan fingerprint density at radius 3 is 2.30 bits per heavy atom. The summed E-state index contributed by atoms with van der Waals surface area (Å²) in [4.78, 5) is 16.7. The fraction of sp³-hybridized carbons (Fsp3) is 0.333. The van der Waals surface area contributed by atoms with Crippen molar-refractivity contribution >= 4 is 41.5 Å². The molecule has 1 atom stereocenters. The maximum absolute atomic E-state index is 14.4. The van der Waals surface area contributed by atoms with Gasteiger partial charge in [0.15, 0.2) is 11.5 Å². The van der Waals surface area contributed by atoms with E-state index in [1.165, 1.54) is 19.0 Å². The number of alkyl halides is 5. The summed E-state index contributed by atoms with van der Waals surface area (Å²) < 4.78 is 68.9. The molecule has 1 aromatic heterocycles. The van der Waals surface area contributed by atoms with Crippen molar-refractivity contribution in [1.82, 2.24) is 20.0 Å². The number of amides is 1. The summed E-state index contributed by atoms with van der Waals surface area (Å²) in [6.45, 7) is 0. The van der Waals surface area contributed by atoms with Gasteiger partial charge < -0.3 is 15.3 Å². The van der Waals surface area contributed by atoms with Crippen LogP contribution in [0.5, 0.6) is 0 Å². The molecule has 2 N–H and O–H groups in total. The van der Waals surface area contributed by atoms with Gasteiger partial charge in [0.25, 0.3) is 5.92 Å². The lowest BCUT2D eigenvalue weighted by Crippen LogP contribution is -2.38. The first-order valence-electron chi connectivity index (χ1n) is 8.84. The number of carbonyl (C=O) groups is 1. The smallest absolute Gasteiger partial charge is 0.416 e. The number of hydrogen-bond donors (Lipinski definition) is 2. The lowest BCUT2D eigenvalue weighted by Gasteiger charge is -2.18. The first-order chi connectivity index (χ1) is 15.1. The molecule has 1 aliphatic carbocycles. The summed E-state index contributed by atoms with van der Waals surface area (Å²) in [7, 11) is 3.06. The van der Waals surface area contributed by atoms with Gasteiger partial charge in [-0.1, -0.05) is 23.2 Å². The van der Waals surface area contributed by atoms with Crippen molar-refractivity contribution in [3.63, 3.8) is 0 Å². The number of nitrogens with one attached hydrogen (secondary N) is 1. The summed E-state index contributed by atoms with van der Waals surface area (Å²) in [5, 5.41) is 23.1. The second kappa shape index (κ2) is 8.03. The summed E-state index contributed by atoms with van der Waals surface area (Å²) in [5.74, 6) is -4.06. The maximum atomic E-state index is 14.4. The van der Waals surface area contributed by atoms with E-state index in [-0.39, 0.29) is 5.69 Å². The van der Waals surface area contributed by atoms with Crippen LogP contribution < -0.4 is 5.32 Å². The van der Waals surface area contributed by atoms with Gasteiger partial charge in [0.05, 0.1) is 27.5 Å². The summed E-state index contributed by atoms with van der Waals surface area (Å²) >= 11 is 12.1. The predicted molar refractivity (Wildman–Crippen MR) is 108 cm³/mol. The molecule has 176 valence electrons. The molecule has 15 heteroatoms. The third kappa shape index (κ3) is 4.28. The highest BCUT2D eigenvalue weighted by molar-refractivity contribution is 6.38. The number of carboxylic acid groups (broad SMARTS) is 1. The Bertz CT molecular complexity index is 1180. The van der Waals surface area contributed by atoms with Crippen molar-refractivity contribution in [1.29, 1.82) is 5.26 Å². The average Bonchev–Trinajstić information content (AvgIpc) is 3.02. The van der Waals surface area contributed by atoms with E-state index in [4.69, 9.17) is 28.3 Å². The van der Waals surface area contributed by atoms with Gasteiger partial charge in [-0.2, -0.15) is 23.5 Å². The molecule has 1 aliphatic rings. The van der Waals surface area contributed by atoms with Crippen molar-refractivity contribution in [3.05, 3.63) is 39.0 Å². The van der Waals surface area contributed by atoms with Crippen LogP contribution in [0, 0.1) is 11.3 Å². The molecule has 0 spiro atoms. The third-order valence-electron chi connectivity index (χ3n) is 4.67. The van der Waals surface area contributed by atoms with E-state index in [0.29, 0.717) is 12.1 Å². The zero-order valence-electron chi connectivity index (χ0n) is 16.7. The molecule has 0 saturated heterocycles. The van der Waals surface area contributed by atoms with E-state index in [1.807, 2.05) is 0 Å². The molecule has 1 unspecified atom stereocenters. The van der Waals surface area contributed by atoms with Gasteiger partial charge in [0.2, 0.25) is 0 Å². The van der Waals surface area contributed by atoms with Crippen molar-refractivity contribution in [2.24, 2.45) is 4.99 Å². The Morgan fingerprint density at radius 2 is 1.91 bits per heavy atom. The predicted octanol–water partition coefficient (Wildman–Crippen LogP) is 4.79. The van der Waals surface area contributed by atoms with Crippen LogP contribution in [0.1, 0.15) is 23.2 Å². The Kier molecular flexibility index (Phi) is 5.97. The van der Waals surface area contributed by atoms with Crippen molar-refractivity contribution in [2.75, 3.05) is 14.1 Å². The minimum atomic E-state index is -4.78. The lowest BCUT2D eigenvalue weighted by atomic mass is 10.0. The minimum absolute atomic E-state index is 0.366. The molecule has 0 aliphatic heterocycles. The van der Waals surface area contributed by atoms with Gasteiger partial charge in [0, 0.05) is 20.5 Å².